The highest BCUT2D eigenvalue weighted by molar-refractivity contribution is 5.92. The Hall–Kier alpha value is -1.98. The molecule has 20 heavy (non-hydrogen) atoms. The highest BCUT2D eigenvalue weighted by Gasteiger charge is 2.25. The van der Waals surface area contributed by atoms with Crippen LogP contribution in [0.1, 0.15) is 19.3 Å². The van der Waals surface area contributed by atoms with Crippen LogP contribution in [-0.4, -0.2) is 22.8 Å². The Morgan fingerprint density at radius 2 is 1.95 bits per heavy atom. The average Bonchev–Trinajstić information content (AvgIpc) is 2.37. The lowest BCUT2D eigenvalue weighted by atomic mass is 10.1. The van der Waals surface area contributed by atoms with Crippen LogP contribution in [0.5, 0.6) is 5.75 Å². The number of nitrogens with one attached hydrogen (secondary N) is 1. The number of rotatable bonds is 5. The maximum atomic E-state index is 12.0. The number of hydrogen-bond donors (Lipinski definition) is 2. The summed E-state index contributed by atoms with van der Waals surface area (Å²) < 4.78 is 36.0. The number of fused-ring (bicyclic) bond motifs is 1. The van der Waals surface area contributed by atoms with Crippen molar-refractivity contribution in [3.63, 3.8) is 0 Å². The molecule has 3 nitrogen and oxygen atoms in total. The molecule has 0 unspecified atom stereocenters. The van der Waals surface area contributed by atoms with E-state index >= 15 is 0 Å². The van der Waals surface area contributed by atoms with Crippen molar-refractivity contribution in [3.8, 4) is 5.75 Å². The summed E-state index contributed by atoms with van der Waals surface area (Å²) in [6.45, 7) is 0.415. The zero-order valence-corrected chi connectivity index (χ0v) is 10.7. The third-order valence-electron chi connectivity index (χ3n) is 2.93. The molecule has 0 aliphatic heterocycles. The lowest BCUT2D eigenvalue weighted by molar-refractivity contribution is -0.135. The van der Waals surface area contributed by atoms with E-state index in [2.05, 4.69) is 10.3 Å². The van der Waals surface area contributed by atoms with Gasteiger partial charge in [0.05, 0.1) is 0 Å². The fourth-order valence-electron chi connectivity index (χ4n) is 1.95. The van der Waals surface area contributed by atoms with E-state index in [-0.39, 0.29) is 12.2 Å². The van der Waals surface area contributed by atoms with Crippen molar-refractivity contribution in [2.75, 3.05) is 11.9 Å². The minimum atomic E-state index is -4.09. The number of phenols is 1. The van der Waals surface area contributed by atoms with Crippen LogP contribution < -0.4 is 5.32 Å². The Bertz CT molecular complexity index is 584. The van der Waals surface area contributed by atoms with Crippen LogP contribution in [0.4, 0.5) is 19.0 Å². The van der Waals surface area contributed by atoms with Gasteiger partial charge in [0.15, 0.2) is 0 Å². The van der Waals surface area contributed by atoms with Crippen molar-refractivity contribution < 1.29 is 18.3 Å². The molecule has 108 valence electrons. The minimum absolute atomic E-state index is 0.0898. The molecule has 0 bridgehead atoms. The predicted octanol–water partition coefficient (Wildman–Crippen LogP) is 4.08. The van der Waals surface area contributed by atoms with Gasteiger partial charge in [-0.1, -0.05) is 6.07 Å². The van der Waals surface area contributed by atoms with Crippen molar-refractivity contribution in [1.82, 2.24) is 4.98 Å². The third kappa shape index (κ3) is 4.01. The fourth-order valence-corrected chi connectivity index (χ4v) is 1.95. The van der Waals surface area contributed by atoms with Crippen LogP contribution in [-0.2, 0) is 0 Å². The van der Waals surface area contributed by atoms with Gasteiger partial charge in [0, 0.05) is 24.5 Å². The Balaban J connectivity index is 1.95. The van der Waals surface area contributed by atoms with Crippen LogP contribution in [0.2, 0.25) is 0 Å². The number of phenolic OH excluding ortho intramolecular Hbond substituents is 1. The molecule has 0 spiro atoms. The van der Waals surface area contributed by atoms with E-state index in [0.29, 0.717) is 18.8 Å². The Morgan fingerprint density at radius 1 is 1.15 bits per heavy atom. The van der Waals surface area contributed by atoms with E-state index in [9.17, 15) is 18.3 Å². The van der Waals surface area contributed by atoms with Gasteiger partial charge in [0.1, 0.15) is 11.6 Å². The molecule has 1 aromatic carbocycles. The maximum absolute atomic E-state index is 12.0. The molecule has 0 saturated carbocycles. The Morgan fingerprint density at radius 3 is 2.70 bits per heavy atom. The number of hydrogen-bond acceptors (Lipinski definition) is 3. The van der Waals surface area contributed by atoms with E-state index in [1.165, 1.54) is 0 Å². The van der Waals surface area contributed by atoms with E-state index in [0.717, 1.165) is 10.8 Å². The second kappa shape index (κ2) is 5.98. The number of alkyl halides is 3. The largest absolute Gasteiger partial charge is 0.508 e. The van der Waals surface area contributed by atoms with Gasteiger partial charge in [-0.25, -0.2) is 4.98 Å². The summed E-state index contributed by atoms with van der Waals surface area (Å²) in [6, 6.07) is 6.74. The van der Waals surface area contributed by atoms with Crippen molar-refractivity contribution in [3.05, 3.63) is 30.5 Å². The maximum Gasteiger partial charge on any atom is 0.389 e. The van der Waals surface area contributed by atoms with E-state index < -0.39 is 12.6 Å². The van der Waals surface area contributed by atoms with Crippen LogP contribution in [0.3, 0.4) is 0 Å². The number of benzene rings is 1. The van der Waals surface area contributed by atoms with Gasteiger partial charge in [-0.2, -0.15) is 13.2 Å². The zero-order chi connectivity index (χ0) is 14.6. The molecule has 1 aromatic heterocycles. The van der Waals surface area contributed by atoms with Crippen molar-refractivity contribution in [1.29, 1.82) is 0 Å². The number of aromatic hydroxyl groups is 1. The molecule has 0 amide bonds. The summed E-state index contributed by atoms with van der Waals surface area (Å²) >= 11 is 0. The number of anilines is 1. The average molecular weight is 284 g/mol. The molecule has 2 aromatic rings. The van der Waals surface area contributed by atoms with E-state index in [1.54, 1.807) is 24.4 Å². The number of halogens is 3. The van der Waals surface area contributed by atoms with Crippen LogP contribution in [0.15, 0.2) is 30.5 Å². The first-order chi connectivity index (χ1) is 9.46. The summed E-state index contributed by atoms with van der Waals surface area (Å²) in [6.07, 6.45) is -2.73. The highest BCUT2D eigenvalue weighted by Crippen LogP contribution is 2.25. The molecule has 2 rings (SSSR count). The lowest BCUT2D eigenvalue weighted by Gasteiger charge is -2.09. The second-order valence-corrected chi connectivity index (χ2v) is 4.56. The third-order valence-corrected chi connectivity index (χ3v) is 2.93. The monoisotopic (exact) mass is 284 g/mol. The number of aromatic nitrogens is 1. The summed E-state index contributed by atoms with van der Waals surface area (Å²) in [5.74, 6) is 0.705. The minimum Gasteiger partial charge on any atom is -0.508 e. The standard InChI is InChI=1S/C14H15F3N2O/c15-14(16,17)6-1-2-7-18-13-12-9-11(20)4-3-10(12)5-8-19-13/h3-5,8-9,20H,1-2,6-7H2,(H,18,19). The Kier molecular flexibility index (Phi) is 4.32. The summed E-state index contributed by atoms with van der Waals surface area (Å²) in [7, 11) is 0. The molecule has 0 saturated heterocycles. The van der Waals surface area contributed by atoms with Crippen molar-refractivity contribution in [2.45, 2.75) is 25.4 Å². The van der Waals surface area contributed by atoms with Gasteiger partial charge in [0.25, 0.3) is 0 Å². The van der Waals surface area contributed by atoms with Crippen LogP contribution in [0, 0.1) is 0 Å². The van der Waals surface area contributed by atoms with Gasteiger partial charge in [-0.05, 0) is 36.4 Å². The number of pyridine rings is 1. The number of unbranched alkanes of at least 4 members (excludes halogenated alkanes) is 1. The van der Waals surface area contributed by atoms with Gasteiger partial charge in [-0.15, -0.1) is 0 Å². The second-order valence-electron chi connectivity index (χ2n) is 4.56. The van der Waals surface area contributed by atoms with Gasteiger partial charge < -0.3 is 10.4 Å². The first-order valence-corrected chi connectivity index (χ1v) is 6.34. The first-order valence-electron chi connectivity index (χ1n) is 6.34. The number of nitrogens with zero attached hydrogens (tertiary/aromatic N) is 1. The molecular formula is C14H15F3N2O. The lowest BCUT2D eigenvalue weighted by Crippen LogP contribution is -2.09. The fraction of sp³-hybridized carbons (Fsp3) is 0.357. The van der Waals surface area contributed by atoms with E-state index in [4.69, 9.17) is 0 Å². The molecule has 0 radical (unpaired) electrons. The predicted molar refractivity (Wildman–Crippen MR) is 71.8 cm³/mol. The highest BCUT2D eigenvalue weighted by atomic mass is 19.4. The van der Waals surface area contributed by atoms with Crippen molar-refractivity contribution >= 4 is 16.6 Å². The summed E-state index contributed by atoms with van der Waals surface area (Å²) in [5.41, 5.74) is 0. The Labute approximate surface area is 114 Å². The van der Waals surface area contributed by atoms with Crippen LogP contribution >= 0.6 is 0 Å². The van der Waals surface area contributed by atoms with Crippen LogP contribution in [0.25, 0.3) is 10.8 Å². The first kappa shape index (κ1) is 14.4. The summed E-state index contributed by atoms with van der Waals surface area (Å²) in [5, 5.41) is 14.2. The molecule has 0 fully saturated rings. The van der Waals surface area contributed by atoms with Crippen molar-refractivity contribution in [2.24, 2.45) is 0 Å². The SMILES string of the molecule is Oc1ccc2ccnc(NCCCCC(F)(F)F)c2c1. The molecule has 2 N–H and O–H groups in total. The summed E-state index contributed by atoms with van der Waals surface area (Å²) in [4.78, 5) is 4.15. The molecule has 0 atom stereocenters. The van der Waals surface area contributed by atoms with Gasteiger partial charge in [-0.3, -0.25) is 0 Å². The zero-order valence-electron chi connectivity index (χ0n) is 10.7. The van der Waals surface area contributed by atoms with Gasteiger partial charge in [0.2, 0.25) is 0 Å². The molecule has 1 heterocycles. The topological polar surface area (TPSA) is 45.2 Å². The van der Waals surface area contributed by atoms with Gasteiger partial charge >= 0.3 is 6.18 Å². The smallest absolute Gasteiger partial charge is 0.389 e. The normalized spacial score (nSPS) is 11.8. The molecule has 0 aliphatic carbocycles. The molecule has 6 heteroatoms. The molecular weight excluding hydrogens is 269 g/mol. The van der Waals surface area contributed by atoms with E-state index in [1.807, 2.05) is 6.07 Å². The molecule has 0 aliphatic rings. The quantitative estimate of drug-likeness (QED) is 0.813.